The molecular weight excluding hydrogens is 411 g/mol. The SMILES string of the molecule is CCNC(=NCCS(=O)(=O)NCC1CCCCO1)N(C)CCOc1ccccc1F. The molecule has 30 heavy (non-hydrogen) atoms. The molecule has 1 aromatic rings. The van der Waals surface area contributed by atoms with Crippen molar-refractivity contribution >= 4 is 16.0 Å². The van der Waals surface area contributed by atoms with Crippen LogP contribution in [-0.4, -0.2) is 77.6 Å². The molecule has 0 bridgehead atoms. The average molecular weight is 445 g/mol. The van der Waals surface area contributed by atoms with Crippen molar-refractivity contribution in [2.24, 2.45) is 4.99 Å². The van der Waals surface area contributed by atoms with E-state index in [9.17, 15) is 12.8 Å². The molecule has 0 aromatic heterocycles. The van der Waals surface area contributed by atoms with E-state index in [-0.39, 0.29) is 30.8 Å². The van der Waals surface area contributed by atoms with Crippen molar-refractivity contribution in [2.45, 2.75) is 32.3 Å². The summed E-state index contributed by atoms with van der Waals surface area (Å²) >= 11 is 0. The van der Waals surface area contributed by atoms with Crippen molar-refractivity contribution in [1.29, 1.82) is 0 Å². The first-order valence-electron chi connectivity index (χ1n) is 10.4. The van der Waals surface area contributed by atoms with Crippen molar-refractivity contribution in [3.05, 3.63) is 30.1 Å². The number of likely N-dealkylation sites (N-methyl/N-ethyl adjacent to an activating group) is 1. The Kier molecular flexibility index (Phi) is 10.3. The largest absolute Gasteiger partial charge is 0.489 e. The van der Waals surface area contributed by atoms with Gasteiger partial charge in [-0.1, -0.05) is 12.1 Å². The predicted molar refractivity (Wildman–Crippen MR) is 116 cm³/mol. The molecule has 0 radical (unpaired) electrons. The molecule has 0 aliphatic carbocycles. The molecule has 8 nitrogen and oxygen atoms in total. The summed E-state index contributed by atoms with van der Waals surface area (Å²) in [5.74, 6) is 0.262. The molecule has 1 atom stereocenters. The number of sulfonamides is 1. The van der Waals surface area contributed by atoms with Crippen LogP contribution >= 0.6 is 0 Å². The lowest BCUT2D eigenvalue weighted by Crippen LogP contribution is -2.41. The van der Waals surface area contributed by atoms with Crippen LogP contribution in [0.5, 0.6) is 5.75 Å². The second-order valence-corrected chi connectivity index (χ2v) is 9.02. The van der Waals surface area contributed by atoms with Crippen LogP contribution in [0.15, 0.2) is 29.3 Å². The minimum atomic E-state index is -3.42. The first-order chi connectivity index (χ1) is 14.4. The van der Waals surface area contributed by atoms with E-state index in [0.29, 0.717) is 32.2 Å². The number of aliphatic imine (C=N–C) groups is 1. The molecule has 1 saturated heterocycles. The number of guanidine groups is 1. The quantitative estimate of drug-likeness (QED) is 0.398. The fourth-order valence-electron chi connectivity index (χ4n) is 2.96. The van der Waals surface area contributed by atoms with Crippen molar-refractivity contribution in [2.75, 3.05) is 52.2 Å². The number of rotatable bonds is 11. The molecule has 10 heteroatoms. The summed E-state index contributed by atoms with van der Waals surface area (Å²) in [7, 11) is -1.61. The van der Waals surface area contributed by atoms with Crippen LogP contribution in [0.25, 0.3) is 0 Å². The van der Waals surface area contributed by atoms with Gasteiger partial charge >= 0.3 is 0 Å². The third kappa shape index (κ3) is 8.85. The normalized spacial score (nSPS) is 17.6. The Morgan fingerprint density at radius 3 is 2.87 bits per heavy atom. The van der Waals surface area contributed by atoms with Gasteiger partial charge in [-0.25, -0.2) is 17.5 Å². The van der Waals surface area contributed by atoms with E-state index in [1.54, 1.807) is 18.2 Å². The Morgan fingerprint density at radius 1 is 1.37 bits per heavy atom. The Balaban J connectivity index is 1.78. The molecule has 1 aromatic carbocycles. The maximum Gasteiger partial charge on any atom is 0.213 e. The zero-order valence-corrected chi connectivity index (χ0v) is 18.6. The topological polar surface area (TPSA) is 92.3 Å². The van der Waals surface area contributed by atoms with E-state index in [1.165, 1.54) is 6.07 Å². The number of halogens is 1. The molecule has 1 aliphatic heterocycles. The zero-order chi connectivity index (χ0) is 21.8. The third-order valence-corrected chi connectivity index (χ3v) is 5.97. The predicted octanol–water partition coefficient (Wildman–Crippen LogP) is 1.59. The first-order valence-corrected chi connectivity index (χ1v) is 12.0. The molecule has 2 N–H and O–H groups in total. The lowest BCUT2D eigenvalue weighted by atomic mass is 10.1. The molecule has 0 saturated carbocycles. The van der Waals surface area contributed by atoms with Gasteiger partial charge in [0, 0.05) is 26.7 Å². The van der Waals surface area contributed by atoms with Gasteiger partial charge in [-0.05, 0) is 38.3 Å². The second-order valence-electron chi connectivity index (χ2n) is 7.09. The van der Waals surface area contributed by atoms with Gasteiger partial charge in [-0.2, -0.15) is 0 Å². The lowest BCUT2D eigenvalue weighted by molar-refractivity contribution is 0.0200. The van der Waals surface area contributed by atoms with E-state index >= 15 is 0 Å². The molecule has 0 amide bonds. The molecule has 1 unspecified atom stereocenters. The molecular formula is C20H33FN4O4S. The van der Waals surface area contributed by atoms with Crippen LogP contribution in [0.4, 0.5) is 4.39 Å². The van der Waals surface area contributed by atoms with Gasteiger partial charge < -0.3 is 19.7 Å². The highest BCUT2D eigenvalue weighted by atomic mass is 32.2. The van der Waals surface area contributed by atoms with Gasteiger partial charge in [0.25, 0.3) is 0 Å². The Morgan fingerprint density at radius 2 is 2.17 bits per heavy atom. The molecule has 2 rings (SSSR count). The van der Waals surface area contributed by atoms with Crippen LogP contribution < -0.4 is 14.8 Å². The molecule has 0 spiro atoms. The van der Waals surface area contributed by atoms with Gasteiger partial charge in [0.2, 0.25) is 10.0 Å². The first kappa shape index (κ1) is 24.4. The van der Waals surface area contributed by atoms with E-state index in [0.717, 1.165) is 19.3 Å². The van der Waals surface area contributed by atoms with Crippen molar-refractivity contribution in [3.63, 3.8) is 0 Å². The maximum atomic E-state index is 13.6. The number of ether oxygens (including phenoxy) is 2. The Bertz CT molecular complexity index is 770. The highest BCUT2D eigenvalue weighted by molar-refractivity contribution is 7.89. The van der Waals surface area contributed by atoms with Crippen LogP contribution in [-0.2, 0) is 14.8 Å². The summed E-state index contributed by atoms with van der Waals surface area (Å²) in [5, 5.41) is 3.12. The van der Waals surface area contributed by atoms with Gasteiger partial charge in [-0.3, -0.25) is 4.99 Å². The zero-order valence-electron chi connectivity index (χ0n) is 17.8. The van der Waals surface area contributed by atoms with Crippen LogP contribution in [0.1, 0.15) is 26.2 Å². The van der Waals surface area contributed by atoms with Crippen molar-refractivity contribution in [1.82, 2.24) is 14.9 Å². The minimum absolute atomic E-state index is 0.0464. The molecule has 1 heterocycles. The highest BCUT2D eigenvalue weighted by Crippen LogP contribution is 2.15. The van der Waals surface area contributed by atoms with Crippen molar-refractivity contribution in [3.8, 4) is 5.75 Å². The summed E-state index contributed by atoms with van der Waals surface area (Å²) in [6, 6.07) is 6.24. The number of hydrogen-bond acceptors (Lipinski definition) is 5. The fraction of sp³-hybridized carbons (Fsp3) is 0.650. The second kappa shape index (κ2) is 12.7. The van der Waals surface area contributed by atoms with Gasteiger partial charge in [-0.15, -0.1) is 0 Å². The Hall–Kier alpha value is -1.91. The van der Waals surface area contributed by atoms with E-state index < -0.39 is 15.8 Å². The summed E-state index contributed by atoms with van der Waals surface area (Å²) in [4.78, 5) is 6.21. The average Bonchev–Trinajstić information content (AvgIpc) is 2.74. The summed E-state index contributed by atoms with van der Waals surface area (Å²) in [6.45, 7) is 4.42. The summed E-state index contributed by atoms with van der Waals surface area (Å²) in [6.07, 6.45) is 2.93. The Labute approximate surface area is 178 Å². The van der Waals surface area contributed by atoms with Gasteiger partial charge in [0.05, 0.1) is 24.9 Å². The van der Waals surface area contributed by atoms with E-state index in [2.05, 4.69) is 15.0 Å². The summed E-state index contributed by atoms with van der Waals surface area (Å²) < 4.78 is 51.7. The summed E-state index contributed by atoms with van der Waals surface area (Å²) in [5.41, 5.74) is 0. The van der Waals surface area contributed by atoms with Crippen molar-refractivity contribution < 1.29 is 22.3 Å². The maximum absolute atomic E-state index is 13.6. The highest BCUT2D eigenvalue weighted by Gasteiger charge is 2.17. The molecule has 1 aliphatic rings. The van der Waals surface area contributed by atoms with Gasteiger partial charge in [0.1, 0.15) is 6.61 Å². The van der Waals surface area contributed by atoms with Crippen LogP contribution in [0.3, 0.4) is 0 Å². The monoisotopic (exact) mass is 444 g/mol. The smallest absolute Gasteiger partial charge is 0.213 e. The fourth-order valence-corrected chi connectivity index (χ4v) is 3.88. The number of hydrogen-bond donors (Lipinski definition) is 2. The van der Waals surface area contributed by atoms with Crippen LogP contribution in [0.2, 0.25) is 0 Å². The van der Waals surface area contributed by atoms with Crippen LogP contribution in [0, 0.1) is 5.82 Å². The lowest BCUT2D eigenvalue weighted by Gasteiger charge is -2.23. The number of nitrogens with zero attached hydrogens (tertiary/aromatic N) is 2. The number of para-hydroxylation sites is 1. The standard InChI is InChI=1S/C20H33FN4O4S/c1-3-22-20(25(2)12-14-29-19-10-5-4-9-18(19)21)23-11-15-30(26,27)24-16-17-8-6-7-13-28-17/h4-5,9-10,17,24H,3,6-8,11-16H2,1-2H3,(H,22,23). The number of nitrogens with one attached hydrogen (secondary N) is 2. The third-order valence-electron chi connectivity index (χ3n) is 4.64. The number of benzene rings is 1. The minimum Gasteiger partial charge on any atom is -0.489 e. The molecule has 1 fully saturated rings. The van der Waals surface area contributed by atoms with Gasteiger partial charge in [0.15, 0.2) is 17.5 Å². The van der Waals surface area contributed by atoms with E-state index in [1.807, 2.05) is 18.9 Å². The molecule has 170 valence electrons. The van der Waals surface area contributed by atoms with E-state index in [4.69, 9.17) is 9.47 Å².